The molecule has 6 N–H and O–H groups in total. The van der Waals surface area contributed by atoms with E-state index in [1.54, 1.807) is 106 Å². The summed E-state index contributed by atoms with van der Waals surface area (Å²) >= 11 is 0. The van der Waals surface area contributed by atoms with E-state index < -0.39 is 24.4 Å². The van der Waals surface area contributed by atoms with Crippen molar-refractivity contribution in [3.05, 3.63) is 241 Å². The van der Waals surface area contributed by atoms with Crippen LogP contribution in [-0.2, 0) is 33.6 Å². The molecule has 0 aliphatic heterocycles. The Labute approximate surface area is 542 Å². The number of amides is 2. The second kappa shape index (κ2) is 33.2. The topological polar surface area (TPSA) is 230 Å². The van der Waals surface area contributed by atoms with Gasteiger partial charge in [-0.3, -0.25) is 14.4 Å². The average Bonchev–Trinajstić information content (AvgIpc) is 0.826. The second-order valence-electron chi connectivity index (χ2n) is 22.9. The molecule has 0 heterocycles. The first kappa shape index (κ1) is 68.7. The number of ketones is 1. The summed E-state index contributed by atoms with van der Waals surface area (Å²) in [6.45, 7) is 25.0. The Hall–Kier alpha value is -10.2. The van der Waals surface area contributed by atoms with Gasteiger partial charge in [-0.25, -0.2) is 0 Å². The number of anilines is 2. The van der Waals surface area contributed by atoms with Crippen LogP contribution in [0.2, 0.25) is 0 Å². The molecule has 0 saturated heterocycles. The number of nitrogens with one attached hydrogen (secondary N) is 2. The molecule has 17 heteroatoms. The maximum absolute atomic E-state index is 12.2. The van der Waals surface area contributed by atoms with Crippen molar-refractivity contribution in [1.29, 1.82) is 0 Å². The van der Waals surface area contributed by atoms with Gasteiger partial charge in [-0.2, -0.15) is 0 Å². The van der Waals surface area contributed by atoms with Crippen molar-refractivity contribution in [2.24, 2.45) is 0 Å². The average molecular weight is 1260 g/mol. The van der Waals surface area contributed by atoms with Gasteiger partial charge in [0.15, 0.2) is 5.78 Å². The number of aliphatic hydroxyl groups is 4. The molecule has 4 unspecified atom stereocenters. The molecule has 4 atom stereocenters. The van der Waals surface area contributed by atoms with Gasteiger partial charge < -0.3 is 69.0 Å². The third kappa shape index (κ3) is 20.9. The fraction of sp³-hybridized carbons (Fsp3) is 0.250. The van der Waals surface area contributed by atoms with Crippen molar-refractivity contribution in [1.82, 2.24) is 0 Å². The molecule has 8 aromatic carbocycles. The molecule has 0 spiro atoms. The fourth-order valence-electron chi connectivity index (χ4n) is 9.28. The Morgan fingerprint density at radius 1 is 0.366 bits per heavy atom. The molecule has 93 heavy (non-hydrogen) atoms. The van der Waals surface area contributed by atoms with Crippen LogP contribution in [0.4, 0.5) is 11.4 Å². The zero-order valence-corrected chi connectivity index (χ0v) is 52.9. The normalized spacial score (nSPS) is 12.3. The summed E-state index contributed by atoms with van der Waals surface area (Å²) in [5, 5.41) is 53.6. The molecule has 8 aromatic rings. The first-order chi connectivity index (χ1) is 44.6. The van der Waals surface area contributed by atoms with Gasteiger partial charge in [-0.15, -0.1) is 0 Å². The number of benzene rings is 8. The predicted molar refractivity (Wildman–Crippen MR) is 363 cm³/mol. The lowest BCUT2D eigenvalue weighted by Crippen LogP contribution is -2.25. The van der Waals surface area contributed by atoms with Crippen LogP contribution >= 0.6 is 0 Å². The van der Waals surface area contributed by atoms with Gasteiger partial charge >= 0.3 is 0 Å². The number of allylic oxidation sites excluding steroid dienone is 3. The van der Waals surface area contributed by atoms with E-state index in [9.17, 15) is 34.8 Å². The van der Waals surface area contributed by atoms with Gasteiger partial charge in [0.25, 0.3) is 11.8 Å². The van der Waals surface area contributed by atoms with E-state index in [-0.39, 0.29) is 83.3 Å². The van der Waals surface area contributed by atoms with Gasteiger partial charge in [0.2, 0.25) is 0 Å². The highest BCUT2D eigenvalue weighted by atomic mass is 16.5. The van der Waals surface area contributed by atoms with E-state index in [4.69, 9.17) is 37.9 Å². The number of hydrogen-bond donors (Lipinski definition) is 6. The third-order valence-electron chi connectivity index (χ3n) is 14.7. The van der Waals surface area contributed by atoms with Crippen LogP contribution in [0.1, 0.15) is 49.9 Å². The lowest BCUT2D eigenvalue weighted by Gasteiger charge is -2.21. The van der Waals surface area contributed by atoms with E-state index in [1.165, 1.54) is 0 Å². The van der Waals surface area contributed by atoms with E-state index >= 15 is 0 Å². The van der Waals surface area contributed by atoms with Crippen LogP contribution < -0.4 is 48.5 Å². The monoisotopic (exact) mass is 1260 g/mol. The predicted octanol–water partition coefficient (Wildman–Crippen LogP) is 12.3. The number of aliphatic hydroxyl groups excluding tert-OH is 4. The largest absolute Gasteiger partial charge is 0.491 e. The molecule has 0 bridgehead atoms. The molecule has 0 fully saturated rings. The standard InChI is InChI=1S/C76H80N2O15/c1-47(2)51(9)34-52-10-22-62(23-11-52)87-41-60(81)45-92-73-32-16-54-14-26-66(90-43-58(79)39-86-63-24-12-53(13-25-63)35-72(83)48(3)4)36-68(54)70(73)38-71-69-37-67(91-44-59(80)40-88-64-28-18-56(19-29-64)77-75(84)49(5)6)27-15-55(69)17-33-74(71)93-46-61(82)42-89-65-30-20-57(21-31-65)78-76(85)50(7)8/h10-33,36-37,58-61,79-82H,1,3,5,7,9,34-35,38-46H2,2,4,6,8H3,(H,77,84)(H,78,85). The Morgan fingerprint density at radius 2 is 0.667 bits per heavy atom. The maximum atomic E-state index is 12.2. The van der Waals surface area contributed by atoms with Crippen LogP contribution in [0.5, 0.6) is 46.0 Å². The lowest BCUT2D eigenvalue weighted by atomic mass is 9.93. The van der Waals surface area contributed by atoms with Gasteiger partial charge in [-0.05, 0) is 187 Å². The fourth-order valence-corrected chi connectivity index (χ4v) is 9.28. The number of ether oxygens (including phenoxy) is 8. The SMILES string of the molecule is C=C(C)C(=C)Cc1ccc(OCC(O)COc2ccc3ccc(OCC(O)COc4ccc(CC(=O)C(=C)C)cc4)cc3c2Cc2c(OCC(O)COc3ccc(NC(=O)C(=C)C)cc3)ccc3ccc(OCC(O)COc4ccc(NC(=O)C(=C)C)cc4)cc23)cc1. The number of rotatable bonds is 36. The number of hydrogen-bond acceptors (Lipinski definition) is 15. The first-order valence-electron chi connectivity index (χ1n) is 30.3. The molecule has 0 aliphatic rings. The van der Waals surface area contributed by atoms with Gasteiger partial charge in [0.05, 0.1) is 0 Å². The molecule has 8 rings (SSSR count). The van der Waals surface area contributed by atoms with E-state index in [1.807, 2.05) is 79.7 Å². The highest BCUT2D eigenvalue weighted by molar-refractivity contribution is 6.03. The molecular weight excluding hydrogens is 1180 g/mol. The minimum absolute atomic E-state index is 0.0526. The Bertz CT molecular complexity index is 3690. The number of carbonyl (C=O) groups is 3. The Morgan fingerprint density at radius 3 is 1.00 bits per heavy atom. The van der Waals surface area contributed by atoms with E-state index in [0.29, 0.717) is 102 Å². The highest BCUT2D eigenvalue weighted by Gasteiger charge is 2.21. The lowest BCUT2D eigenvalue weighted by molar-refractivity contribution is -0.115. The van der Waals surface area contributed by atoms with Crippen LogP contribution in [0.3, 0.4) is 0 Å². The Kier molecular flexibility index (Phi) is 24.6. The third-order valence-corrected chi connectivity index (χ3v) is 14.7. The summed E-state index contributed by atoms with van der Waals surface area (Å²) in [5.74, 6) is 3.03. The van der Waals surface area contributed by atoms with Crippen molar-refractivity contribution in [3.8, 4) is 46.0 Å². The molecule has 0 aliphatic carbocycles. The smallest absolute Gasteiger partial charge is 0.250 e. The van der Waals surface area contributed by atoms with Crippen molar-refractivity contribution in [2.45, 2.75) is 71.4 Å². The van der Waals surface area contributed by atoms with Crippen molar-refractivity contribution in [3.63, 3.8) is 0 Å². The summed E-state index contributed by atoms with van der Waals surface area (Å²) in [5.41, 5.74) is 7.37. The van der Waals surface area contributed by atoms with E-state index in [0.717, 1.165) is 33.0 Å². The van der Waals surface area contributed by atoms with Gasteiger partial charge in [-0.1, -0.05) is 87.0 Å². The van der Waals surface area contributed by atoms with Crippen LogP contribution in [0, 0.1) is 0 Å². The van der Waals surface area contributed by atoms with Crippen LogP contribution in [0.15, 0.2) is 218 Å². The summed E-state index contributed by atoms with van der Waals surface area (Å²) in [6.07, 6.45) is -3.24. The maximum Gasteiger partial charge on any atom is 0.250 e. The molecule has 0 saturated carbocycles. The Balaban J connectivity index is 1.06. The summed E-state index contributed by atoms with van der Waals surface area (Å²) in [7, 11) is 0. The van der Waals surface area contributed by atoms with Crippen molar-refractivity contribution >= 4 is 50.5 Å². The van der Waals surface area contributed by atoms with Crippen LogP contribution in [0.25, 0.3) is 21.5 Å². The minimum atomic E-state index is -1.11. The molecule has 484 valence electrons. The number of fused-ring (bicyclic) bond motifs is 2. The molecule has 2 amide bonds. The number of carbonyl (C=O) groups excluding carboxylic acids is 3. The minimum Gasteiger partial charge on any atom is -0.491 e. The van der Waals surface area contributed by atoms with Crippen LogP contribution in [-0.4, -0.2) is 115 Å². The summed E-state index contributed by atoms with van der Waals surface area (Å²) in [6, 6.07) is 46.6. The molecule has 17 nitrogen and oxygen atoms in total. The quantitative estimate of drug-likeness (QED) is 0.0158. The van der Waals surface area contributed by atoms with Crippen molar-refractivity contribution in [2.75, 3.05) is 63.5 Å². The molecular formula is C76H80N2O15. The van der Waals surface area contributed by atoms with Gasteiger partial charge in [0, 0.05) is 46.5 Å². The van der Waals surface area contributed by atoms with E-state index in [2.05, 4.69) is 43.5 Å². The molecule has 0 radical (unpaired) electrons. The zero-order valence-electron chi connectivity index (χ0n) is 52.9. The highest BCUT2D eigenvalue weighted by Crippen LogP contribution is 2.39. The first-order valence-corrected chi connectivity index (χ1v) is 30.3. The molecule has 0 aromatic heterocycles. The zero-order chi connectivity index (χ0) is 66.6. The second-order valence-corrected chi connectivity index (χ2v) is 22.9. The summed E-state index contributed by atoms with van der Waals surface area (Å²) < 4.78 is 49.3. The van der Waals surface area contributed by atoms with Crippen molar-refractivity contribution < 1.29 is 72.7 Å². The number of Topliss-reactive ketones (excluding diaryl/α,β-unsaturated/α-hetero) is 1. The van der Waals surface area contributed by atoms with Gasteiger partial charge in [0.1, 0.15) is 123 Å². The summed E-state index contributed by atoms with van der Waals surface area (Å²) in [4.78, 5) is 36.5.